The molecule has 98 valence electrons. The van der Waals surface area contributed by atoms with Gasteiger partial charge >= 0.3 is 0 Å². The van der Waals surface area contributed by atoms with Gasteiger partial charge in [-0.25, -0.2) is 0 Å². The van der Waals surface area contributed by atoms with Crippen molar-refractivity contribution in [1.82, 2.24) is 0 Å². The van der Waals surface area contributed by atoms with Crippen molar-refractivity contribution in [1.29, 1.82) is 0 Å². The summed E-state index contributed by atoms with van der Waals surface area (Å²) in [6.07, 6.45) is 1.70. The van der Waals surface area contributed by atoms with Crippen LogP contribution in [0.15, 0.2) is 41.5 Å². The molecule has 2 nitrogen and oxygen atoms in total. The Bertz CT molecular complexity index is 584. The number of hydrogen-bond donors (Lipinski definition) is 1. The van der Waals surface area contributed by atoms with Crippen molar-refractivity contribution in [2.24, 2.45) is 5.10 Å². The highest BCUT2D eigenvalue weighted by molar-refractivity contribution is 6.41. The summed E-state index contributed by atoms with van der Waals surface area (Å²) in [5, 5.41) is 5.45. The number of hydrazone groups is 1. The zero-order valence-electron chi connectivity index (χ0n) is 10.1. The van der Waals surface area contributed by atoms with Crippen molar-refractivity contribution in [3.05, 3.63) is 62.6 Å². The molecule has 2 aromatic carbocycles. The first-order valence-electron chi connectivity index (χ1n) is 5.56. The summed E-state index contributed by atoms with van der Waals surface area (Å²) in [7, 11) is 0. The molecule has 5 heteroatoms. The molecule has 1 N–H and O–H groups in total. The number of nitrogens with one attached hydrogen (secondary N) is 1. The molecule has 0 aliphatic carbocycles. The normalized spacial score (nSPS) is 10.9. The van der Waals surface area contributed by atoms with Crippen molar-refractivity contribution in [3.8, 4) is 0 Å². The van der Waals surface area contributed by atoms with Crippen LogP contribution in [0.1, 0.15) is 11.1 Å². The van der Waals surface area contributed by atoms with Crippen LogP contribution in [-0.4, -0.2) is 6.21 Å². The van der Waals surface area contributed by atoms with Crippen LogP contribution in [0.25, 0.3) is 0 Å². The maximum atomic E-state index is 6.03. The average molecular weight is 314 g/mol. The number of rotatable bonds is 3. The van der Waals surface area contributed by atoms with E-state index in [2.05, 4.69) is 10.5 Å². The van der Waals surface area contributed by atoms with E-state index in [1.807, 2.05) is 31.2 Å². The van der Waals surface area contributed by atoms with Gasteiger partial charge in [0.25, 0.3) is 0 Å². The van der Waals surface area contributed by atoms with E-state index in [0.717, 1.165) is 5.56 Å². The summed E-state index contributed by atoms with van der Waals surface area (Å²) in [5.74, 6) is 0. The standard InChI is InChI=1S/C14H11Cl3N2/c1-9-2-4-10(5-3-9)8-18-19-14-12(16)6-11(15)7-13(14)17/h2-8,19H,1H3/b18-8+. The lowest BCUT2D eigenvalue weighted by atomic mass is 10.2. The molecule has 0 spiro atoms. The number of benzene rings is 2. The highest BCUT2D eigenvalue weighted by Crippen LogP contribution is 2.33. The van der Waals surface area contributed by atoms with Crippen LogP contribution in [0.2, 0.25) is 15.1 Å². The second-order valence-corrected chi connectivity index (χ2v) is 5.28. The zero-order valence-corrected chi connectivity index (χ0v) is 12.4. The maximum absolute atomic E-state index is 6.03. The van der Waals surface area contributed by atoms with Crippen molar-refractivity contribution in [2.45, 2.75) is 6.92 Å². The molecule has 19 heavy (non-hydrogen) atoms. The molecule has 2 rings (SSSR count). The predicted octanol–water partition coefficient (Wildman–Crippen LogP) is 5.40. The maximum Gasteiger partial charge on any atom is 0.0935 e. The van der Waals surface area contributed by atoms with Crippen LogP contribution in [-0.2, 0) is 0 Å². The van der Waals surface area contributed by atoms with Crippen molar-refractivity contribution < 1.29 is 0 Å². The Balaban J connectivity index is 2.12. The van der Waals surface area contributed by atoms with E-state index < -0.39 is 0 Å². The summed E-state index contributed by atoms with van der Waals surface area (Å²) in [5.41, 5.74) is 5.54. The van der Waals surface area contributed by atoms with Crippen LogP contribution in [0.5, 0.6) is 0 Å². The molecule has 0 fully saturated rings. The minimum Gasteiger partial charge on any atom is -0.275 e. The Morgan fingerprint density at radius 2 is 1.58 bits per heavy atom. The third-order valence-corrected chi connectivity index (χ3v) is 3.29. The van der Waals surface area contributed by atoms with Crippen LogP contribution >= 0.6 is 34.8 Å². The SMILES string of the molecule is Cc1ccc(/C=N/Nc2c(Cl)cc(Cl)cc2Cl)cc1. The zero-order chi connectivity index (χ0) is 13.8. The fourth-order valence-electron chi connectivity index (χ4n) is 1.47. The molecule has 0 aromatic heterocycles. The van der Waals surface area contributed by atoms with Gasteiger partial charge in [0.05, 0.1) is 21.9 Å². The average Bonchev–Trinajstić information content (AvgIpc) is 2.34. The topological polar surface area (TPSA) is 24.4 Å². The highest BCUT2D eigenvalue weighted by atomic mass is 35.5. The quantitative estimate of drug-likeness (QED) is 0.595. The van der Waals surface area contributed by atoms with E-state index in [4.69, 9.17) is 34.8 Å². The predicted molar refractivity (Wildman–Crippen MR) is 83.9 cm³/mol. The Morgan fingerprint density at radius 1 is 1.00 bits per heavy atom. The van der Waals surface area contributed by atoms with Crippen molar-refractivity contribution >= 4 is 46.7 Å². The van der Waals surface area contributed by atoms with Crippen LogP contribution in [0, 0.1) is 6.92 Å². The number of aryl methyl sites for hydroxylation is 1. The van der Waals surface area contributed by atoms with Crippen molar-refractivity contribution in [2.75, 3.05) is 5.43 Å². The number of anilines is 1. The van der Waals surface area contributed by atoms with Crippen LogP contribution in [0.3, 0.4) is 0 Å². The van der Waals surface area contributed by atoms with Crippen LogP contribution < -0.4 is 5.43 Å². The van der Waals surface area contributed by atoms with E-state index in [-0.39, 0.29) is 0 Å². The molecule has 0 saturated carbocycles. The second kappa shape index (κ2) is 6.29. The van der Waals surface area contributed by atoms with E-state index >= 15 is 0 Å². The first-order chi connectivity index (χ1) is 9.06. The molecule has 0 radical (unpaired) electrons. The van der Waals surface area contributed by atoms with Gasteiger partial charge in [-0.2, -0.15) is 5.10 Å². The lowest BCUT2D eigenvalue weighted by Crippen LogP contribution is -1.92. The molecule has 0 bridgehead atoms. The summed E-state index contributed by atoms with van der Waals surface area (Å²) in [6, 6.07) is 11.2. The Kier molecular flexibility index (Phi) is 4.70. The fraction of sp³-hybridized carbons (Fsp3) is 0.0714. The Labute approximate surface area is 127 Å². The minimum absolute atomic E-state index is 0.429. The molecule has 0 saturated heterocycles. The van der Waals surface area contributed by atoms with Gasteiger partial charge < -0.3 is 0 Å². The number of nitrogens with zero attached hydrogens (tertiary/aromatic N) is 1. The second-order valence-electron chi connectivity index (χ2n) is 4.03. The molecule has 0 aliphatic rings. The van der Waals surface area contributed by atoms with Gasteiger partial charge in [-0.05, 0) is 24.6 Å². The molecule has 0 heterocycles. The largest absolute Gasteiger partial charge is 0.275 e. The lowest BCUT2D eigenvalue weighted by Gasteiger charge is -2.06. The fourth-order valence-corrected chi connectivity index (χ4v) is 2.37. The van der Waals surface area contributed by atoms with Gasteiger partial charge in [0.2, 0.25) is 0 Å². The van der Waals surface area contributed by atoms with Gasteiger partial charge in [0.1, 0.15) is 0 Å². The first-order valence-corrected chi connectivity index (χ1v) is 6.70. The molecule has 0 atom stereocenters. The van der Waals surface area contributed by atoms with E-state index in [1.54, 1.807) is 18.3 Å². The molecular weight excluding hydrogens is 303 g/mol. The smallest absolute Gasteiger partial charge is 0.0935 e. The molecule has 0 aliphatic heterocycles. The molecule has 2 aromatic rings. The minimum atomic E-state index is 0.429. The van der Waals surface area contributed by atoms with Gasteiger partial charge in [-0.1, -0.05) is 64.6 Å². The van der Waals surface area contributed by atoms with Gasteiger partial charge in [0.15, 0.2) is 0 Å². The van der Waals surface area contributed by atoms with E-state index in [1.165, 1.54) is 5.56 Å². The number of halogens is 3. The van der Waals surface area contributed by atoms with Gasteiger partial charge in [0, 0.05) is 5.02 Å². The Hall–Kier alpha value is -1.22. The molecular formula is C14H11Cl3N2. The monoisotopic (exact) mass is 312 g/mol. The summed E-state index contributed by atoms with van der Waals surface area (Å²) in [6.45, 7) is 2.03. The first kappa shape index (κ1) is 14.2. The lowest BCUT2D eigenvalue weighted by molar-refractivity contribution is 1.35. The Morgan fingerprint density at radius 3 is 2.16 bits per heavy atom. The van der Waals surface area contributed by atoms with E-state index in [0.29, 0.717) is 20.8 Å². The summed E-state index contributed by atoms with van der Waals surface area (Å²) < 4.78 is 0. The number of hydrogen-bond acceptors (Lipinski definition) is 2. The summed E-state index contributed by atoms with van der Waals surface area (Å²) >= 11 is 17.9. The summed E-state index contributed by atoms with van der Waals surface area (Å²) in [4.78, 5) is 0. The molecule has 0 unspecified atom stereocenters. The van der Waals surface area contributed by atoms with Crippen LogP contribution in [0.4, 0.5) is 5.69 Å². The third-order valence-electron chi connectivity index (χ3n) is 2.47. The molecule has 0 amide bonds. The van der Waals surface area contributed by atoms with Gasteiger partial charge in [-0.3, -0.25) is 5.43 Å². The van der Waals surface area contributed by atoms with Crippen molar-refractivity contribution in [3.63, 3.8) is 0 Å². The van der Waals surface area contributed by atoms with E-state index in [9.17, 15) is 0 Å². The third kappa shape index (κ3) is 3.87. The highest BCUT2D eigenvalue weighted by Gasteiger charge is 2.06. The van der Waals surface area contributed by atoms with Gasteiger partial charge in [-0.15, -0.1) is 0 Å².